The van der Waals surface area contributed by atoms with Crippen LogP contribution in [0.1, 0.15) is 39.5 Å². The van der Waals surface area contributed by atoms with E-state index in [-0.39, 0.29) is 35.3 Å². The summed E-state index contributed by atoms with van der Waals surface area (Å²) in [6.07, 6.45) is 2.78. The molecule has 2 saturated heterocycles. The summed E-state index contributed by atoms with van der Waals surface area (Å²) in [5.74, 6) is -1.05. The number of thioether (sulfide) groups is 1. The van der Waals surface area contributed by atoms with Gasteiger partial charge in [-0.1, -0.05) is 21.6 Å². The van der Waals surface area contributed by atoms with Crippen LogP contribution in [-0.4, -0.2) is 89.8 Å². The molecule has 52 heavy (non-hydrogen) atoms. The minimum absolute atomic E-state index is 0.0324. The highest BCUT2D eigenvalue weighted by atomic mass is 33.1. The first-order chi connectivity index (χ1) is 24.8. The number of rotatable bonds is 11. The Morgan fingerprint density at radius 1 is 0.692 bits per heavy atom. The number of hydrogen-bond donors (Lipinski definition) is 2. The number of halogens is 3. The molecule has 8 nitrogen and oxygen atoms in total. The molecule has 3 aromatic carbocycles. The van der Waals surface area contributed by atoms with Gasteiger partial charge in [-0.25, -0.2) is 13.2 Å². The van der Waals surface area contributed by atoms with E-state index in [1.54, 1.807) is 57.0 Å². The number of hydrogen-bond acceptors (Lipinski definition) is 11. The monoisotopic (exact) mass is 778 g/mol. The lowest BCUT2D eigenvalue weighted by molar-refractivity contribution is -0.149. The molecule has 2 fully saturated rings. The highest BCUT2D eigenvalue weighted by Gasteiger charge is 2.44. The van der Waals surface area contributed by atoms with Gasteiger partial charge >= 0.3 is 26.0 Å². The molecular weight excluding hydrogens is 731 g/mol. The van der Waals surface area contributed by atoms with Gasteiger partial charge < -0.3 is 29.1 Å². The molecule has 2 N–H and O–H groups in total. The maximum atomic E-state index is 13.0. The highest BCUT2D eigenvalue weighted by Crippen LogP contribution is 2.42. The van der Waals surface area contributed by atoms with Crippen LogP contribution in [0.4, 0.5) is 13.2 Å². The van der Waals surface area contributed by atoms with E-state index < -0.39 is 18.8 Å². The van der Waals surface area contributed by atoms with Gasteiger partial charge in [0.05, 0.1) is 19.1 Å². The van der Waals surface area contributed by atoms with Crippen LogP contribution in [0.3, 0.4) is 0 Å². The predicted molar refractivity (Wildman–Crippen MR) is 206 cm³/mol. The van der Waals surface area contributed by atoms with E-state index in [2.05, 4.69) is 0 Å². The fourth-order valence-electron chi connectivity index (χ4n) is 5.44. The summed E-state index contributed by atoms with van der Waals surface area (Å²) in [5.41, 5.74) is 0. The first-order valence-corrected chi connectivity index (χ1v) is 20.3. The van der Waals surface area contributed by atoms with Gasteiger partial charge in [0.2, 0.25) is 0 Å². The molecule has 5 rings (SSSR count). The van der Waals surface area contributed by atoms with Crippen LogP contribution in [0, 0.1) is 23.4 Å². The predicted octanol–water partition coefficient (Wildman–Crippen LogP) is 7.56. The molecule has 0 amide bonds. The summed E-state index contributed by atoms with van der Waals surface area (Å²) in [4.78, 5) is 30.5. The number of carbonyl (C=O) groups excluding carboxylic acids is 2. The van der Waals surface area contributed by atoms with Gasteiger partial charge in [0.15, 0.2) is 0 Å². The zero-order chi connectivity index (χ0) is 38.1. The van der Waals surface area contributed by atoms with Gasteiger partial charge in [0.1, 0.15) is 22.2 Å². The number of piperidine rings is 2. The molecule has 0 unspecified atom stereocenters. The van der Waals surface area contributed by atoms with Gasteiger partial charge in [-0.15, -0.1) is 11.8 Å². The minimum atomic E-state index is -0.667. The Hall–Kier alpha value is -2.59. The zero-order valence-corrected chi connectivity index (χ0v) is 32.5. The second kappa shape index (κ2) is 22.6. The van der Waals surface area contributed by atoms with Crippen molar-refractivity contribution in [2.24, 2.45) is 5.92 Å². The summed E-state index contributed by atoms with van der Waals surface area (Å²) < 4.78 is 47.9. The fraction of sp³-hybridized carbons (Fsp3) is 0.444. The van der Waals surface area contributed by atoms with Crippen molar-refractivity contribution >= 4 is 59.4 Å². The molecule has 3 aromatic rings. The van der Waals surface area contributed by atoms with E-state index in [4.69, 9.17) is 9.47 Å². The van der Waals surface area contributed by atoms with Crippen LogP contribution in [0.15, 0.2) is 87.5 Å². The summed E-state index contributed by atoms with van der Waals surface area (Å²) >= 11 is 1.43. The molecule has 2 heterocycles. The summed E-state index contributed by atoms with van der Waals surface area (Å²) in [5, 5.41) is 19.0. The van der Waals surface area contributed by atoms with Crippen molar-refractivity contribution in [2.75, 3.05) is 39.4 Å². The summed E-state index contributed by atoms with van der Waals surface area (Å²) in [6, 6.07) is 18.7. The average Bonchev–Trinajstić information content (AvgIpc) is 3.14. The van der Waals surface area contributed by atoms with Gasteiger partial charge in [-0.2, -0.15) is 0 Å². The lowest BCUT2D eigenvalue weighted by atomic mass is 9.80. The lowest BCUT2D eigenvalue weighted by Gasteiger charge is -2.39. The van der Waals surface area contributed by atoms with Crippen molar-refractivity contribution in [1.29, 1.82) is 0 Å². The highest BCUT2D eigenvalue weighted by molar-refractivity contribution is 8.76. The van der Waals surface area contributed by atoms with Crippen LogP contribution >= 0.6 is 33.3 Å². The third-order valence-corrected chi connectivity index (χ3v) is 12.3. The molecule has 0 saturated carbocycles. The third-order valence-electron chi connectivity index (χ3n) is 8.45. The fourth-order valence-corrected chi connectivity index (χ4v) is 8.63. The van der Waals surface area contributed by atoms with E-state index in [9.17, 15) is 32.8 Å². The lowest BCUT2D eigenvalue weighted by Crippen LogP contribution is -2.51. The largest absolute Gasteiger partial charge is 0.466 e. The number of nitrogens with zero attached hydrogens (tertiary/aromatic N) is 2. The quantitative estimate of drug-likeness (QED) is 0.115. The SMILES string of the molecule is CCOC(=O)C1(Sc2ccc(F)cc2)CCN(B(C)O)CC1.CCOC(=O)C1CCN(B(C)O)CC1.Fc1ccc(SSc2ccc(F)cc2)cc1. The molecule has 2 aliphatic rings. The molecule has 0 bridgehead atoms. The molecule has 0 spiro atoms. The molecule has 16 heteroatoms. The van der Waals surface area contributed by atoms with Crippen LogP contribution in [0.25, 0.3) is 0 Å². The topological polar surface area (TPSA) is 99.5 Å². The Bertz CT molecular complexity index is 1450. The smallest absolute Gasteiger partial charge is 0.376 e. The maximum absolute atomic E-state index is 13.0. The van der Waals surface area contributed by atoms with Crippen LogP contribution in [-0.2, 0) is 19.1 Å². The standard InChI is InChI=1S/C15H21BFNO3S.C12H8F2S2.C9H18BNO3/c1-3-21-14(19)15(8-10-18(11-9-15)16(2)20)22-13-6-4-12(17)5-7-13;13-9-1-5-11(6-2-9)15-16-12-7-3-10(14)4-8-12;1-3-14-9(12)8-4-6-11(7-5-8)10(2)13/h4-7,20H,3,8-11H2,1-2H3;1-8H;8,13H,3-7H2,1-2H3. The molecular formula is C36H47B2F3N2O6S3. The van der Waals surface area contributed by atoms with E-state index in [0.717, 1.165) is 40.6 Å². The minimum Gasteiger partial charge on any atom is -0.466 e. The second-order valence-electron chi connectivity index (χ2n) is 12.2. The number of esters is 2. The number of benzene rings is 3. The van der Waals surface area contributed by atoms with E-state index in [1.807, 2.05) is 16.5 Å². The number of carbonyl (C=O) groups is 2. The zero-order valence-electron chi connectivity index (χ0n) is 30.0. The van der Waals surface area contributed by atoms with Crippen LogP contribution in [0.2, 0.25) is 13.6 Å². The van der Waals surface area contributed by atoms with Gasteiger partial charge in [0.25, 0.3) is 0 Å². The normalized spacial score (nSPS) is 16.0. The van der Waals surface area contributed by atoms with Crippen molar-refractivity contribution in [1.82, 2.24) is 9.62 Å². The number of ether oxygens (including phenoxy) is 2. The van der Waals surface area contributed by atoms with Crippen molar-refractivity contribution in [3.05, 3.63) is 90.2 Å². The summed E-state index contributed by atoms with van der Waals surface area (Å²) in [7, 11) is 2.11. The molecule has 0 aromatic heterocycles. The molecule has 0 aliphatic carbocycles. The maximum Gasteiger partial charge on any atom is 0.376 e. The van der Waals surface area contributed by atoms with Crippen molar-refractivity contribution in [2.45, 2.75) is 72.6 Å². The van der Waals surface area contributed by atoms with E-state index in [1.165, 1.54) is 69.7 Å². The first-order valence-electron chi connectivity index (χ1n) is 17.3. The van der Waals surface area contributed by atoms with Gasteiger partial charge in [0, 0.05) is 14.7 Å². The van der Waals surface area contributed by atoms with Crippen LogP contribution in [0.5, 0.6) is 0 Å². The van der Waals surface area contributed by atoms with E-state index in [0.29, 0.717) is 39.1 Å². The Balaban J connectivity index is 0.000000217. The van der Waals surface area contributed by atoms with Crippen LogP contribution < -0.4 is 0 Å². The molecule has 2 aliphatic heterocycles. The van der Waals surface area contributed by atoms with Crippen molar-refractivity contribution in [3.8, 4) is 0 Å². The Kier molecular flexibility index (Phi) is 19.0. The molecule has 0 atom stereocenters. The second-order valence-corrected chi connectivity index (χ2v) is 15.9. The Morgan fingerprint density at radius 2 is 1.08 bits per heavy atom. The van der Waals surface area contributed by atoms with E-state index >= 15 is 0 Å². The molecule has 282 valence electrons. The Morgan fingerprint density at radius 3 is 1.46 bits per heavy atom. The Labute approximate surface area is 318 Å². The first kappa shape index (κ1) is 43.8. The summed E-state index contributed by atoms with van der Waals surface area (Å²) in [6.45, 7) is 10.7. The molecule has 0 radical (unpaired) electrons. The van der Waals surface area contributed by atoms with Gasteiger partial charge in [-0.05, 0) is 152 Å². The third kappa shape index (κ3) is 14.7. The van der Waals surface area contributed by atoms with Gasteiger partial charge in [-0.3, -0.25) is 9.59 Å². The van der Waals surface area contributed by atoms with Crippen molar-refractivity contribution in [3.63, 3.8) is 0 Å². The van der Waals surface area contributed by atoms with Crippen molar-refractivity contribution < 1.29 is 42.3 Å². The average molecular weight is 779 g/mol.